The molecular formula is C18H32O5SSi. The largest absolute Gasteiger partial charge is 0.411 e. The van der Waals surface area contributed by atoms with E-state index in [1.165, 1.54) is 0 Å². The molecule has 0 aromatic carbocycles. The molecule has 2 rings (SSSR count). The monoisotopic (exact) mass is 388 g/mol. The second kappa shape index (κ2) is 6.58. The average molecular weight is 389 g/mol. The zero-order valence-electron chi connectivity index (χ0n) is 16.5. The van der Waals surface area contributed by atoms with Gasteiger partial charge in [-0.2, -0.15) is 8.42 Å². The first kappa shape index (κ1) is 20.8. The van der Waals surface area contributed by atoms with Crippen molar-refractivity contribution < 1.29 is 21.8 Å². The Balaban J connectivity index is 2.29. The molecule has 7 heteroatoms. The molecule has 0 aromatic rings. The molecular weight excluding hydrogens is 356 g/mol. The van der Waals surface area contributed by atoms with Crippen molar-refractivity contribution in [2.45, 2.75) is 83.7 Å². The predicted octanol–water partition coefficient (Wildman–Crippen LogP) is 3.81. The van der Waals surface area contributed by atoms with Gasteiger partial charge in [-0.1, -0.05) is 27.7 Å². The number of hydrogen-bond acceptors (Lipinski definition) is 5. The third kappa shape index (κ3) is 4.43. The van der Waals surface area contributed by atoms with E-state index in [0.717, 1.165) is 12.7 Å². The highest BCUT2D eigenvalue weighted by Crippen LogP contribution is 2.49. The molecule has 0 aromatic heterocycles. The molecule has 144 valence electrons. The molecule has 5 nitrogen and oxygen atoms in total. The lowest BCUT2D eigenvalue weighted by atomic mass is 9.63. The smallest absolute Gasteiger partial charge is 0.264 e. The highest BCUT2D eigenvalue weighted by Gasteiger charge is 2.49. The molecule has 3 atom stereocenters. The van der Waals surface area contributed by atoms with E-state index >= 15 is 0 Å². The van der Waals surface area contributed by atoms with E-state index in [1.54, 1.807) is 0 Å². The highest BCUT2D eigenvalue weighted by molar-refractivity contribution is 7.86. The maximum Gasteiger partial charge on any atom is 0.264 e. The summed E-state index contributed by atoms with van der Waals surface area (Å²) in [6, 6.07) is 0. The van der Waals surface area contributed by atoms with Crippen LogP contribution in [0, 0.1) is 5.41 Å². The molecule has 0 unspecified atom stereocenters. The topological polar surface area (TPSA) is 69.7 Å². The lowest BCUT2D eigenvalue weighted by Crippen LogP contribution is -2.49. The molecule has 1 fully saturated rings. The Kier molecular flexibility index (Phi) is 5.48. The standard InChI is InChI=1S/C18H32O5SSi/c1-17(2,3)25(6,7)23-13-10-11-18(4)14(12-13)15(19)8-9-16(18)22-24(5,20)21/h12-13,16H,8-11H2,1-7H3/t13-,16-,18-/m1/s1. The van der Waals surface area contributed by atoms with Crippen LogP contribution in [0.5, 0.6) is 0 Å². The van der Waals surface area contributed by atoms with Gasteiger partial charge in [0.05, 0.1) is 18.5 Å². The summed E-state index contributed by atoms with van der Waals surface area (Å²) in [6.07, 6.45) is 4.73. The van der Waals surface area contributed by atoms with Crippen LogP contribution in [-0.4, -0.2) is 41.0 Å². The Hall–Kier alpha value is -0.503. The van der Waals surface area contributed by atoms with Crippen LogP contribution in [-0.2, 0) is 23.5 Å². The van der Waals surface area contributed by atoms with Gasteiger partial charge in [-0.05, 0) is 43.5 Å². The Morgan fingerprint density at radius 1 is 1.24 bits per heavy atom. The summed E-state index contributed by atoms with van der Waals surface area (Å²) in [5.74, 6) is 0.0967. The molecule has 0 spiro atoms. The van der Waals surface area contributed by atoms with Crippen LogP contribution in [0.3, 0.4) is 0 Å². The van der Waals surface area contributed by atoms with E-state index in [2.05, 4.69) is 33.9 Å². The van der Waals surface area contributed by atoms with Crippen molar-refractivity contribution in [1.29, 1.82) is 0 Å². The maximum atomic E-state index is 12.5. The van der Waals surface area contributed by atoms with Gasteiger partial charge in [0.25, 0.3) is 10.1 Å². The minimum Gasteiger partial charge on any atom is -0.411 e. The zero-order chi connectivity index (χ0) is 19.3. The number of rotatable bonds is 4. The first-order valence-corrected chi connectivity index (χ1v) is 13.7. The van der Waals surface area contributed by atoms with Crippen molar-refractivity contribution >= 4 is 24.2 Å². The first-order chi connectivity index (χ1) is 11.2. The summed E-state index contributed by atoms with van der Waals surface area (Å²) in [4.78, 5) is 12.5. The molecule has 0 saturated heterocycles. The van der Waals surface area contributed by atoms with Gasteiger partial charge in [0.1, 0.15) is 0 Å². The van der Waals surface area contributed by atoms with Gasteiger partial charge in [-0.25, -0.2) is 0 Å². The normalized spacial score (nSPS) is 31.5. The average Bonchev–Trinajstić information content (AvgIpc) is 2.41. The van der Waals surface area contributed by atoms with Gasteiger partial charge in [0.15, 0.2) is 14.1 Å². The number of carbonyl (C=O) groups is 1. The van der Waals surface area contributed by atoms with Gasteiger partial charge in [-0.15, -0.1) is 0 Å². The summed E-state index contributed by atoms with van der Waals surface area (Å²) < 4.78 is 35.0. The fraction of sp³-hybridized carbons (Fsp3) is 0.833. The molecule has 2 aliphatic rings. The van der Waals surface area contributed by atoms with Crippen molar-refractivity contribution in [1.82, 2.24) is 0 Å². The van der Waals surface area contributed by atoms with Crippen LogP contribution < -0.4 is 0 Å². The van der Waals surface area contributed by atoms with E-state index in [4.69, 9.17) is 8.61 Å². The van der Waals surface area contributed by atoms with Gasteiger partial charge < -0.3 is 4.43 Å². The lowest BCUT2D eigenvalue weighted by Gasteiger charge is -2.47. The summed E-state index contributed by atoms with van der Waals surface area (Å²) in [6.45, 7) is 13.0. The van der Waals surface area contributed by atoms with Crippen molar-refractivity contribution in [3.05, 3.63) is 11.6 Å². The third-order valence-corrected chi connectivity index (χ3v) is 11.2. The fourth-order valence-corrected chi connectivity index (χ4v) is 5.54. The van der Waals surface area contributed by atoms with E-state index in [1.807, 2.05) is 13.0 Å². The number of ketones is 1. The summed E-state index contributed by atoms with van der Waals surface area (Å²) in [5.41, 5.74) is 0.147. The van der Waals surface area contributed by atoms with E-state index < -0.39 is 30.0 Å². The molecule has 0 bridgehead atoms. The molecule has 1 saturated carbocycles. The Morgan fingerprint density at radius 3 is 2.36 bits per heavy atom. The molecule has 25 heavy (non-hydrogen) atoms. The molecule has 0 N–H and O–H groups in total. The second-order valence-corrected chi connectivity index (χ2v) is 15.6. The van der Waals surface area contributed by atoms with Crippen molar-refractivity contribution in [2.24, 2.45) is 5.41 Å². The maximum absolute atomic E-state index is 12.5. The Labute approximate surface area is 153 Å². The molecule has 0 aliphatic heterocycles. The summed E-state index contributed by atoms with van der Waals surface area (Å²) >= 11 is 0. The quantitative estimate of drug-likeness (QED) is 0.541. The van der Waals surface area contributed by atoms with E-state index in [-0.39, 0.29) is 16.9 Å². The van der Waals surface area contributed by atoms with Crippen LogP contribution in [0.4, 0.5) is 0 Å². The van der Waals surface area contributed by atoms with Crippen molar-refractivity contribution in [3.8, 4) is 0 Å². The number of Topliss-reactive ketones (excluding diaryl/α,β-unsaturated/α-hetero) is 1. The van der Waals surface area contributed by atoms with Gasteiger partial charge in [-0.3, -0.25) is 8.98 Å². The number of carbonyl (C=O) groups excluding carboxylic acids is 1. The summed E-state index contributed by atoms with van der Waals surface area (Å²) in [5, 5.41) is 0.102. The lowest BCUT2D eigenvalue weighted by molar-refractivity contribution is -0.121. The van der Waals surface area contributed by atoms with Crippen molar-refractivity contribution in [3.63, 3.8) is 0 Å². The van der Waals surface area contributed by atoms with Crippen LogP contribution in [0.25, 0.3) is 0 Å². The van der Waals surface area contributed by atoms with Crippen LogP contribution in [0.15, 0.2) is 11.6 Å². The Bertz CT molecular complexity index is 674. The SMILES string of the molecule is CC(C)(C)[Si](C)(C)O[C@H]1C=C2C(=O)CC[C@@H](OS(C)(=O)=O)[C@]2(C)CC1. The molecule has 2 aliphatic carbocycles. The van der Waals surface area contributed by atoms with E-state index in [0.29, 0.717) is 24.8 Å². The van der Waals surface area contributed by atoms with Crippen LogP contribution in [0.2, 0.25) is 18.1 Å². The molecule has 0 amide bonds. The molecule has 0 radical (unpaired) electrons. The minimum atomic E-state index is -3.55. The van der Waals surface area contributed by atoms with Gasteiger partial charge in [0, 0.05) is 17.4 Å². The van der Waals surface area contributed by atoms with Crippen LogP contribution in [0.1, 0.15) is 53.4 Å². The zero-order valence-corrected chi connectivity index (χ0v) is 18.3. The number of hydrogen-bond donors (Lipinski definition) is 0. The number of fused-ring (bicyclic) bond motifs is 1. The molecule has 0 heterocycles. The minimum absolute atomic E-state index is 0.0788. The van der Waals surface area contributed by atoms with Gasteiger partial charge in [0.2, 0.25) is 0 Å². The van der Waals surface area contributed by atoms with Gasteiger partial charge >= 0.3 is 0 Å². The van der Waals surface area contributed by atoms with Crippen LogP contribution >= 0.6 is 0 Å². The van der Waals surface area contributed by atoms with Crippen molar-refractivity contribution in [2.75, 3.05) is 6.26 Å². The highest BCUT2D eigenvalue weighted by atomic mass is 32.2. The second-order valence-electron chi connectivity index (χ2n) is 9.20. The van der Waals surface area contributed by atoms with E-state index in [9.17, 15) is 13.2 Å². The fourth-order valence-electron chi connectivity index (χ4n) is 3.51. The summed E-state index contributed by atoms with van der Waals surface area (Å²) in [7, 11) is -5.49. The predicted molar refractivity (Wildman–Crippen MR) is 101 cm³/mol. The third-order valence-electron chi connectivity index (χ3n) is 6.10. The Morgan fingerprint density at radius 2 is 1.84 bits per heavy atom. The first-order valence-electron chi connectivity index (χ1n) is 8.97.